The van der Waals surface area contributed by atoms with E-state index >= 15 is 0 Å². The minimum atomic E-state index is -4.75. The van der Waals surface area contributed by atoms with Crippen molar-refractivity contribution in [1.82, 2.24) is 19.4 Å². The SMILES string of the molecule is Cc1cc(CN2CCCCC2n2c(=O)[nH]c3ccccc32)cc2c1C(=O)N(Cc1ccc(OC(F)(F)F)cc1)C2. The number of para-hydroxylation sites is 2. The summed E-state index contributed by atoms with van der Waals surface area (Å²) >= 11 is 0. The summed E-state index contributed by atoms with van der Waals surface area (Å²) in [7, 11) is 0. The number of rotatable bonds is 6. The number of ether oxygens (including phenoxy) is 1. The molecule has 3 heterocycles. The van der Waals surface area contributed by atoms with Gasteiger partial charge in [-0.05, 0) is 72.7 Å². The number of benzene rings is 3. The summed E-state index contributed by atoms with van der Waals surface area (Å²) in [5.41, 5.74) is 5.93. The van der Waals surface area contributed by atoms with Gasteiger partial charge in [0.2, 0.25) is 0 Å². The number of fused-ring (bicyclic) bond motifs is 2. The highest BCUT2D eigenvalue weighted by molar-refractivity contribution is 5.99. The summed E-state index contributed by atoms with van der Waals surface area (Å²) in [4.78, 5) is 33.2. The van der Waals surface area contributed by atoms with Crippen molar-refractivity contribution in [2.75, 3.05) is 6.54 Å². The second-order valence-electron chi connectivity index (χ2n) is 10.6. The van der Waals surface area contributed by atoms with E-state index in [9.17, 15) is 22.8 Å². The first-order chi connectivity index (χ1) is 19.2. The fourth-order valence-corrected chi connectivity index (χ4v) is 6.10. The second-order valence-corrected chi connectivity index (χ2v) is 10.6. The number of carbonyl (C=O) groups is 1. The van der Waals surface area contributed by atoms with Crippen LogP contribution in [0.4, 0.5) is 13.2 Å². The fourth-order valence-electron chi connectivity index (χ4n) is 6.10. The summed E-state index contributed by atoms with van der Waals surface area (Å²) in [5, 5.41) is 0. The third-order valence-corrected chi connectivity index (χ3v) is 7.76. The second kappa shape index (κ2) is 10.2. The molecule has 1 fully saturated rings. The van der Waals surface area contributed by atoms with Gasteiger partial charge in [-0.3, -0.25) is 14.3 Å². The number of hydrogen-bond donors (Lipinski definition) is 1. The number of aromatic nitrogens is 2. The quantitative estimate of drug-likeness (QED) is 0.326. The molecule has 0 radical (unpaired) electrons. The van der Waals surface area contributed by atoms with Crippen LogP contribution < -0.4 is 10.4 Å². The average molecular weight is 551 g/mol. The van der Waals surface area contributed by atoms with E-state index in [1.54, 1.807) is 17.0 Å². The molecule has 6 rings (SSSR count). The summed E-state index contributed by atoms with van der Waals surface area (Å²) in [5.74, 6) is -0.380. The third kappa shape index (κ3) is 5.11. The molecule has 0 aliphatic carbocycles. The lowest BCUT2D eigenvalue weighted by atomic mass is 9.99. The van der Waals surface area contributed by atoms with Crippen molar-refractivity contribution >= 4 is 16.9 Å². The van der Waals surface area contributed by atoms with Gasteiger partial charge in [0.15, 0.2) is 0 Å². The Kier molecular flexibility index (Phi) is 6.66. The molecule has 4 aromatic rings. The number of imidazole rings is 1. The zero-order valence-corrected chi connectivity index (χ0v) is 22.0. The van der Waals surface area contributed by atoms with Crippen LogP contribution in [0.2, 0.25) is 0 Å². The topological polar surface area (TPSA) is 70.6 Å². The van der Waals surface area contributed by atoms with Gasteiger partial charge in [-0.15, -0.1) is 13.2 Å². The molecule has 1 atom stereocenters. The molecule has 1 amide bonds. The van der Waals surface area contributed by atoms with Crippen molar-refractivity contribution in [3.8, 4) is 5.75 Å². The van der Waals surface area contributed by atoms with Gasteiger partial charge in [0.05, 0.1) is 17.2 Å². The van der Waals surface area contributed by atoms with Crippen molar-refractivity contribution in [2.24, 2.45) is 0 Å². The number of alkyl halides is 3. The Hall–Kier alpha value is -4.05. The van der Waals surface area contributed by atoms with E-state index in [0.29, 0.717) is 24.2 Å². The van der Waals surface area contributed by atoms with Crippen LogP contribution >= 0.6 is 0 Å². The maximum Gasteiger partial charge on any atom is 0.573 e. The standard InChI is InChI=1S/C30H29F3N4O3/c1-19-14-21(17-35-13-5-4-8-26(35)37-25-7-3-2-6-24(25)34-29(37)39)15-22-18-36(28(38)27(19)22)16-20-9-11-23(12-10-20)40-30(31,32)33/h2-3,6-7,9-12,14-15,26H,4-5,8,13,16-18H2,1H3,(H,34,39). The molecule has 40 heavy (non-hydrogen) atoms. The van der Waals surface area contributed by atoms with E-state index in [1.165, 1.54) is 12.1 Å². The highest BCUT2D eigenvalue weighted by Gasteiger charge is 2.32. The van der Waals surface area contributed by atoms with E-state index in [2.05, 4.69) is 20.7 Å². The molecule has 1 saturated heterocycles. The zero-order chi connectivity index (χ0) is 28.0. The minimum Gasteiger partial charge on any atom is -0.406 e. The smallest absolute Gasteiger partial charge is 0.406 e. The molecular weight excluding hydrogens is 521 g/mol. The Balaban J connectivity index is 1.20. The number of aryl methyl sites for hydroxylation is 1. The summed E-state index contributed by atoms with van der Waals surface area (Å²) < 4.78 is 43.2. The van der Waals surface area contributed by atoms with E-state index in [0.717, 1.165) is 53.5 Å². The Morgan fingerprint density at radius 2 is 1.75 bits per heavy atom. The normalized spacial score (nSPS) is 17.9. The largest absolute Gasteiger partial charge is 0.573 e. The van der Waals surface area contributed by atoms with Crippen LogP contribution in [0.25, 0.3) is 11.0 Å². The number of piperidine rings is 1. The van der Waals surface area contributed by atoms with Gasteiger partial charge in [-0.2, -0.15) is 0 Å². The number of carbonyl (C=O) groups excluding carboxylic acids is 1. The van der Waals surface area contributed by atoms with Gasteiger partial charge in [0, 0.05) is 31.7 Å². The van der Waals surface area contributed by atoms with E-state index in [4.69, 9.17) is 0 Å². The van der Waals surface area contributed by atoms with Crippen LogP contribution in [0, 0.1) is 6.92 Å². The first kappa shape index (κ1) is 26.2. The molecule has 1 N–H and O–H groups in total. The first-order valence-electron chi connectivity index (χ1n) is 13.4. The molecular formula is C30H29F3N4O3. The maximum absolute atomic E-state index is 13.2. The molecule has 1 unspecified atom stereocenters. The van der Waals surface area contributed by atoms with Gasteiger partial charge in [-0.1, -0.05) is 36.4 Å². The number of nitrogens with zero attached hydrogens (tertiary/aromatic N) is 3. The molecule has 3 aromatic carbocycles. The van der Waals surface area contributed by atoms with Crippen LogP contribution in [-0.4, -0.2) is 38.2 Å². The summed E-state index contributed by atoms with van der Waals surface area (Å²) in [6, 6.07) is 17.5. The van der Waals surface area contributed by atoms with Gasteiger partial charge >= 0.3 is 12.1 Å². The van der Waals surface area contributed by atoms with E-state index < -0.39 is 6.36 Å². The monoisotopic (exact) mass is 550 g/mol. The van der Waals surface area contributed by atoms with Gasteiger partial charge < -0.3 is 14.6 Å². The number of halogens is 3. The molecule has 0 saturated carbocycles. The van der Waals surface area contributed by atoms with Gasteiger partial charge in [0.25, 0.3) is 5.91 Å². The predicted octanol–water partition coefficient (Wildman–Crippen LogP) is 5.88. The highest BCUT2D eigenvalue weighted by Crippen LogP contribution is 2.33. The van der Waals surface area contributed by atoms with Gasteiger partial charge in [-0.25, -0.2) is 4.79 Å². The van der Waals surface area contributed by atoms with Crippen molar-refractivity contribution in [1.29, 1.82) is 0 Å². The molecule has 0 bridgehead atoms. The van der Waals surface area contributed by atoms with Crippen LogP contribution in [-0.2, 0) is 19.6 Å². The summed E-state index contributed by atoms with van der Waals surface area (Å²) in [6.45, 7) is 4.16. The number of amides is 1. The summed E-state index contributed by atoms with van der Waals surface area (Å²) in [6.07, 6.45) is -1.83. The first-order valence-corrected chi connectivity index (χ1v) is 13.4. The Morgan fingerprint density at radius 1 is 0.975 bits per heavy atom. The highest BCUT2D eigenvalue weighted by atomic mass is 19.4. The molecule has 10 heteroatoms. The predicted molar refractivity (Wildman–Crippen MR) is 144 cm³/mol. The number of hydrogen-bond acceptors (Lipinski definition) is 4. The number of H-pyrrole nitrogens is 1. The van der Waals surface area contributed by atoms with Crippen molar-refractivity contribution in [3.05, 3.63) is 99.0 Å². The van der Waals surface area contributed by atoms with E-state index in [-0.39, 0.29) is 30.1 Å². The van der Waals surface area contributed by atoms with Crippen molar-refractivity contribution in [3.63, 3.8) is 0 Å². The van der Waals surface area contributed by atoms with Crippen molar-refractivity contribution in [2.45, 2.75) is 58.3 Å². The molecule has 1 aromatic heterocycles. The third-order valence-electron chi connectivity index (χ3n) is 7.76. The van der Waals surface area contributed by atoms with Crippen LogP contribution in [0.15, 0.2) is 65.5 Å². The van der Waals surface area contributed by atoms with Crippen LogP contribution in [0.5, 0.6) is 5.75 Å². The minimum absolute atomic E-state index is 0.0617. The van der Waals surface area contributed by atoms with E-state index in [1.807, 2.05) is 41.8 Å². The Bertz CT molecular complexity index is 1620. The number of likely N-dealkylation sites (tertiary alicyclic amines) is 1. The number of aromatic amines is 1. The van der Waals surface area contributed by atoms with Crippen molar-refractivity contribution < 1.29 is 22.7 Å². The lowest BCUT2D eigenvalue weighted by Gasteiger charge is -2.36. The fraction of sp³-hybridized carbons (Fsp3) is 0.333. The molecule has 2 aliphatic rings. The Morgan fingerprint density at radius 3 is 2.52 bits per heavy atom. The molecule has 2 aliphatic heterocycles. The molecule has 208 valence electrons. The molecule has 0 spiro atoms. The zero-order valence-electron chi connectivity index (χ0n) is 22.0. The maximum atomic E-state index is 13.2. The number of nitrogens with one attached hydrogen (secondary N) is 1. The lowest BCUT2D eigenvalue weighted by Crippen LogP contribution is -2.40. The average Bonchev–Trinajstić information content (AvgIpc) is 3.40. The lowest BCUT2D eigenvalue weighted by molar-refractivity contribution is -0.274. The van der Waals surface area contributed by atoms with Crippen LogP contribution in [0.3, 0.4) is 0 Å². The van der Waals surface area contributed by atoms with Crippen LogP contribution in [0.1, 0.15) is 58.0 Å². The molecule has 7 nitrogen and oxygen atoms in total. The Labute approximate surface area is 228 Å². The van der Waals surface area contributed by atoms with Gasteiger partial charge in [0.1, 0.15) is 5.75 Å².